The molecule has 0 radical (unpaired) electrons. The minimum absolute atomic E-state index is 0.00976. The van der Waals surface area contributed by atoms with Crippen LogP contribution < -0.4 is 10.2 Å². The van der Waals surface area contributed by atoms with E-state index in [9.17, 15) is 4.79 Å². The molecule has 2 aromatic rings. The van der Waals surface area contributed by atoms with E-state index in [1.807, 2.05) is 10.9 Å². The van der Waals surface area contributed by atoms with Crippen LogP contribution in [0.3, 0.4) is 0 Å². The Balaban J connectivity index is 1.76. The topological polar surface area (TPSA) is 85.2 Å². The number of nitrogens with one attached hydrogen (secondary N) is 1. The van der Waals surface area contributed by atoms with Gasteiger partial charge in [-0.15, -0.1) is 11.6 Å². The molecular formula is C16H23ClN6O2S. The van der Waals surface area contributed by atoms with Crippen molar-refractivity contribution in [2.24, 2.45) is 0 Å². The molecule has 0 saturated carbocycles. The summed E-state index contributed by atoms with van der Waals surface area (Å²) in [5.74, 6) is 1.41. The highest BCUT2D eigenvalue weighted by atomic mass is 35.5. The molecule has 0 spiro atoms. The first-order valence-electron chi connectivity index (χ1n) is 8.66. The molecule has 1 amide bonds. The number of alkyl halides is 1. The minimum Gasteiger partial charge on any atom is -0.378 e. The van der Waals surface area contributed by atoms with Crippen molar-refractivity contribution in [1.82, 2.24) is 25.1 Å². The van der Waals surface area contributed by atoms with Gasteiger partial charge in [-0.3, -0.25) is 4.79 Å². The van der Waals surface area contributed by atoms with Crippen LogP contribution in [-0.4, -0.2) is 70.6 Å². The van der Waals surface area contributed by atoms with Crippen LogP contribution in [0.4, 0.5) is 5.82 Å². The maximum atomic E-state index is 11.7. The van der Waals surface area contributed by atoms with Crippen LogP contribution in [0.15, 0.2) is 11.4 Å². The summed E-state index contributed by atoms with van der Waals surface area (Å²) in [6.45, 7) is 4.07. The molecule has 8 nitrogen and oxygen atoms in total. The van der Waals surface area contributed by atoms with E-state index in [0.717, 1.165) is 29.9 Å². The number of carbonyl (C=O) groups excluding carboxylic acids is 1. The van der Waals surface area contributed by atoms with E-state index in [4.69, 9.17) is 16.3 Å². The molecule has 0 atom stereocenters. The number of fused-ring (bicyclic) bond motifs is 1. The monoisotopic (exact) mass is 398 g/mol. The number of morpholine rings is 1. The average Bonchev–Trinajstić information content (AvgIpc) is 3.09. The van der Waals surface area contributed by atoms with Crippen molar-refractivity contribution in [3.8, 4) is 0 Å². The van der Waals surface area contributed by atoms with Crippen molar-refractivity contribution in [2.45, 2.75) is 24.5 Å². The van der Waals surface area contributed by atoms with Crippen molar-refractivity contribution in [3.63, 3.8) is 0 Å². The van der Waals surface area contributed by atoms with Crippen molar-refractivity contribution in [3.05, 3.63) is 6.20 Å². The van der Waals surface area contributed by atoms with Crippen molar-refractivity contribution in [2.75, 3.05) is 49.9 Å². The van der Waals surface area contributed by atoms with Gasteiger partial charge in [0.2, 0.25) is 5.91 Å². The molecule has 0 bridgehead atoms. The predicted molar refractivity (Wildman–Crippen MR) is 103 cm³/mol. The molecule has 1 N–H and O–H groups in total. The Bertz CT molecular complexity index is 750. The van der Waals surface area contributed by atoms with Gasteiger partial charge in [0.1, 0.15) is 5.82 Å². The fourth-order valence-electron chi connectivity index (χ4n) is 2.81. The van der Waals surface area contributed by atoms with Gasteiger partial charge in [-0.1, -0.05) is 11.8 Å². The lowest BCUT2D eigenvalue weighted by atomic mass is 10.3. The van der Waals surface area contributed by atoms with Gasteiger partial charge >= 0.3 is 0 Å². The Morgan fingerprint density at radius 2 is 2.19 bits per heavy atom. The summed E-state index contributed by atoms with van der Waals surface area (Å²) in [4.78, 5) is 23.2. The molecule has 3 rings (SSSR count). The minimum atomic E-state index is 0.00976. The highest BCUT2D eigenvalue weighted by Gasteiger charge is 2.19. The van der Waals surface area contributed by atoms with Crippen LogP contribution in [-0.2, 0) is 16.1 Å². The van der Waals surface area contributed by atoms with Crippen LogP contribution in [0.2, 0.25) is 0 Å². The molecule has 10 heteroatoms. The number of halogens is 1. The van der Waals surface area contributed by atoms with Gasteiger partial charge in [-0.05, 0) is 12.7 Å². The normalized spacial score (nSPS) is 14.8. The third-order valence-corrected chi connectivity index (χ3v) is 4.95. The highest BCUT2D eigenvalue weighted by molar-refractivity contribution is 7.98. The summed E-state index contributed by atoms with van der Waals surface area (Å²) in [6.07, 6.45) is 4.90. The number of nitrogens with zero attached hydrogens (tertiary/aromatic N) is 5. The number of thioether (sulfide) groups is 1. The van der Waals surface area contributed by atoms with Crippen LogP contribution in [0, 0.1) is 0 Å². The van der Waals surface area contributed by atoms with Crippen molar-refractivity contribution >= 4 is 46.1 Å². The van der Waals surface area contributed by atoms with Gasteiger partial charge in [0.25, 0.3) is 0 Å². The maximum Gasteiger partial charge on any atom is 0.220 e. The summed E-state index contributed by atoms with van der Waals surface area (Å²) in [5.41, 5.74) is 0.792. The third-order valence-electron chi connectivity index (χ3n) is 4.13. The van der Waals surface area contributed by atoms with Gasteiger partial charge in [0.15, 0.2) is 10.8 Å². The highest BCUT2D eigenvalue weighted by Crippen LogP contribution is 2.27. The quantitative estimate of drug-likeness (QED) is 0.410. The first kappa shape index (κ1) is 19.2. The standard InChI is InChI=1S/C16H23ClN6O2S/c1-26-16-20-14(22-7-9-25-10-8-22)12-11-19-23(15(12)21-16)6-5-18-13(24)3-2-4-17/h11H,2-10H2,1H3,(H,18,24). The molecular weight excluding hydrogens is 376 g/mol. The Kier molecular flexibility index (Phi) is 6.93. The molecule has 1 fully saturated rings. The summed E-state index contributed by atoms with van der Waals surface area (Å²) in [7, 11) is 0. The molecule has 2 aromatic heterocycles. The first-order valence-corrected chi connectivity index (χ1v) is 10.4. The zero-order chi connectivity index (χ0) is 18.4. The van der Waals surface area contributed by atoms with E-state index >= 15 is 0 Å². The Morgan fingerprint density at radius 1 is 1.38 bits per heavy atom. The number of hydrogen-bond acceptors (Lipinski definition) is 7. The maximum absolute atomic E-state index is 11.7. The molecule has 1 aliphatic rings. The van der Waals surface area contributed by atoms with Gasteiger partial charge < -0.3 is 15.0 Å². The lowest BCUT2D eigenvalue weighted by Crippen LogP contribution is -2.37. The molecule has 1 aliphatic heterocycles. The lowest BCUT2D eigenvalue weighted by Gasteiger charge is -2.28. The lowest BCUT2D eigenvalue weighted by molar-refractivity contribution is -0.121. The van der Waals surface area contributed by atoms with Gasteiger partial charge in [0, 0.05) is 31.9 Å². The number of aromatic nitrogens is 4. The van der Waals surface area contributed by atoms with Gasteiger partial charge in [-0.2, -0.15) is 5.10 Å². The summed E-state index contributed by atoms with van der Waals surface area (Å²) in [5, 5.41) is 9.00. The van der Waals surface area contributed by atoms with Gasteiger partial charge in [-0.25, -0.2) is 14.6 Å². The van der Waals surface area contributed by atoms with E-state index < -0.39 is 0 Å². The van der Waals surface area contributed by atoms with E-state index in [-0.39, 0.29) is 5.91 Å². The zero-order valence-corrected chi connectivity index (χ0v) is 16.4. The third kappa shape index (κ3) is 4.57. The van der Waals surface area contributed by atoms with Crippen molar-refractivity contribution in [1.29, 1.82) is 0 Å². The number of ether oxygens (including phenoxy) is 1. The average molecular weight is 399 g/mol. The summed E-state index contributed by atoms with van der Waals surface area (Å²) < 4.78 is 7.26. The molecule has 0 unspecified atom stereocenters. The van der Waals surface area contributed by atoms with E-state index in [0.29, 0.717) is 50.2 Å². The summed E-state index contributed by atoms with van der Waals surface area (Å²) >= 11 is 7.12. The second kappa shape index (κ2) is 9.38. The second-order valence-corrected chi connectivity index (χ2v) is 7.03. The van der Waals surface area contributed by atoms with Crippen LogP contribution >= 0.6 is 23.4 Å². The largest absolute Gasteiger partial charge is 0.378 e. The second-order valence-electron chi connectivity index (χ2n) is 5.88. The Hall–Kier alpha value is -1.58. The van der Waals surface area contributed by atoms with Gasteiger partial charge in [0.05, 0.1) is 31.3 Å². The molecule has 0 aliphatic carbocycles. The molecule has 142 valence electrons. The molecule has 3 heterocycles. The number of carbonyl (C=O) groups is 1. The Labute approximate surface area is 161 Å². The molecule has 0 aromatic carbocycles. The SMILES string of the molecule is CSc1nc(N2CCOCC2)c2cnn(CCNC(=O)CCCCl)c2n1. The molecule has 26 heavy (non-hydrogen) atoms. The Morgan fingerprint density at radius 3 is 2.92 bits per heavy atom. The fourth-order valence-corrected chi connectivity index (χ4v) is 3.30. The molecule has 1 saturated heterocycles. The fraction of sp³-hybridized carbons (Fsp3) is 0.625. The van der Waals surface area contributed by atoms with Crippen LogP contribution in [0.25, 0.3) is 11.0 Å². The van der Waals surface area contributed by atoms with E-state index in [1.165, 1.54) is 11.8 Å². The van der Waals surface area contributed by atoms with Crippen LogP contribution in [0.1, 0.15) is 12.8 Å². The number of anilines is 1. The summed E-state index contributed by atoms with van der Waals surface area (Å²) in [6, 6.07) is 0. The van der Waals surface area contributed by atoms with E-state index in [1.54, 1.807) is 6.20 Å². The smallest absolute Gasteiger partial charge is 0.220 e. The number of hydrogen-bond donors (Lipinski definition) is 1. The zero-order valence-electron chi connectivity index (χ0n) is 14.8. The number of rotatable bonds is 8. The van der Waals surface area contributed by atoms with E-state index in [2.05, 4.69) is 25.3 Å². The van der Waals surface area contributed by atoms with Crippen LogP contribution in [0.5, 0.6) is 0 Å². The number of amides is 1. The predicted octanol–water partition coefficient (Wildman–Crippen LogP) is 1.52. The first-order chi connectivity index (χ1) is 12.7. The van der Waals surface area contributed by atoms with Crippen molar-refractivity contribution < 1.29 is 9.53 Å².